The van der Waals surface area contributed by atoms with Crippen LogP contribution in [0.15, 0.2) is 37.0 Å². The lowest BCUT2D eigenvalue weighted by Crippen LogP contribution is -1.90. The molecule has 2 nitrogen and oxygen atoms in total. The first-order valence-corrected chi connectivity index (χ1v) is 5.41. The average molecular weight is 208 g/mol. The molecule has 0 heterocycles. The molecule has 0 saturated heterocycles. The first-order valence-electron chi connectivity index (χ1n) is 5.41. The highest BCUT2D eigenvalue weighted by Crippen LogP contribution is 2.03. The van der Waals surface area contributed by atoms with Gasteiger partial charge in [-0.1, -0.05) is 49.8 Å². The smallest absolute Gasteiger partial charge is 0.293 e. The molecule has 15 heavy (non-hydrogen) atoms. The van der Waals surface area contributed by atoms with Crippen molar-refractivity contribution in [2.24, 2.45) is 0 Å². The van der Waals surface area contributed by atoms with Crippen molar-refractivity contribution < 1.29 is 9.53 Å². The predicted octanol–water partition coefficient (Wildman–Crippen LogP) is 3.41. The zero-order chi connectivity index (χ0) is 11.2. The normalized spacial score (nSPS) is 10.9. The van der Waals surface area contributed by atoms with Gasteiger partial charge in [0.1, 0.15) is 0 Å². The van der Waals surface area contributed by atoms with Crippen LogP contribution in [0.25, 0.3) is 0 Å². The molecule has 0 bridgehead atoms. The van der Waals surface area contributed by atoms with Crippen molar-refractivity contribution in [1.82, 2.24) is 0 Å². The van der Waals surface area contributed by atoms with Crippen molar-refractivity contribution in [3.63, 3.8) is 0 Å². The van der Waals surface area contributed by atoms with Gasteiger partial charge in [0.05, 0.1) is 6.61 Å². The van der Waals surface area contributed by atoms with E-state index in [1.807, 2.05) is 18.2 Å². The Morgan fingerprint density at radius 3 is 2.53 bits per heavy atom. The molecule has 0 aromatic rings. The lowest BCUT2D eigenvalue weighted by atomic mass is 10.1. The van der Waals surface area contributed by atoms with Crippen molar-refractivity contribution in [1.29, 1.82) is 0 Å². The van der Waals surface area contributed by atoms with Gasteiger partial charge in [-0.25, -0.2) is 0 Å². The Balaban J connectivity index is 3.10. The molecule has 0 aliphatic carbocycles. The van der Waals surface area contributed by atoms with Crippen LogP contribution in [0.3, 0.4) is 0 Å². The molecule has 0 fully saturated rings. The molecular weight excluding hydrogens is 188 g/mol. The maximum absolute atomic E-state index is 9.82. The van der Waals surface area contributed by atoms with E-state index < -0.39 is 0 Å². The Bertz CT molecular complexity index is 205. The van der Waals surface area contributed by atoms with Crippen LogP contribution in [0.2, 0.25) is 0 Å². The van der Waals surface area contributed by atoms with Gasteiger partial charge < -0.3 is 4.74 Å². The summed E-state index contributed by atoms with van der Waals surface area (Å²) in [5, 5.41) is 0. The minimum atomic E-state index is 0.509. The molecule has 0 unspecified atom stereocenters. The van der Waals surface area contributed by atoms with E-state index in [4.69, 9.17) is 0 Å². The highest BCUT2D eigenvalue weighted by molar-refractivity contribution is 5.36. The van der Waals surface area contributed by atoms with Crippen molar-refractivity contribution in [3.05, 3.63) is 37.0 Å². The van der Waals surface area contributed by atoms with E-state index in [9.17, 15) is 4.79 Å². The molecule has 0 aromatic carbocycles. The molecule has 84 valence electrons. The summed E-state index contributed by atoms with van der Waals surface area (Å²) in [5.41, 5.74) is 0. The lowest BCUT2D eigenvalue weighted by molar-refractivity contribution is -0.128. The molecule has 0 amide bonds. The van der Waals surface area contributed by atoms with Crippen LogP contribution in [0.1, 0.15) is 32.1 Å². The third-order valence-corrected chi connectivity index (χ3v) is 1.95. The molecule has 0 aliphatic heterocycles. The molecule has 0 spiro atoms. The summed E-state index contributed by atoms with van der Waals surface area (Å²) in [6.45, 7) is 4.65. The molecule has 0 saturated carbocycles. The van der Waals surface area contributed by atoms with Crippen molar-refractivity contribution in [2.75, 3.05) is 6.61 Å². The fourth-order valence-corrected chi connectivity index (χ4v) is 1.17. The van der Waals surface area contributed by atoms with Gasteiger partial charge in [-0.3, -0.25) is 4.79 Å². The van der Waals surface area contributed by atoms with Crippen LogP contribution < -0.4 is 0 Å². The summed E-state index contributed by atoms with van der Waals surface area (Å²) < 4.78 is 4.59. The lowest BCUT2D eigenvalue weighted by Gasteiger charge is -1.98. The van der Waals surface area contributed by atoms with E-state index in [0.717, 1.165) is 19.3 Å². The van der Waals surface area contributed by atoms with E-state index in [2.05, 4.69) is 17.4 Å². The van der Waals surface area contributed by atoms with Gasteiger partial charge in [-0.2, -0.15) is 0 Å². The van der Waals surface area contributed by atoms with E-state index >= 15 is 0 Å². The second-order valence-electron chi connectivity index (χ2n) is 3.22. The van der Waals surface area contributed by atoms with Gasteiger partial charge >= 0.3 is 0 Å². The minimum absolute atomic E-state index is 0.509. The Labute approximate surface area is 92.3 Å². The molecule has 2 heteroatoms. The van der Waals surface area contributed by atoms with Crippen molar-refractivity contribution >= 4 is 6.47 Å². The van der Waals surface area contributed by atoms with Gasteiger partial charge in [0.2, 0.25) is 0 Å². The zero-order valence-corrected chi connectivity index (χ0v) is 9.23. The Morgan fingerprint density at radius 1 is 1.00 bits per heavy atom. The predicted molar refractivity (Wildman–Crippen MR) is 63.6 cm³/mol. The monoisotopic (exact) mass is 208 g/mol. The molecule has 0 atom stereocenters. The number of hydrogen-bond donors (Lipinski definition) is 0. The fourth-order valence-electron chi connectivity index (χ4n) is 1.17. The Hall–Kier alpha value is -1.31. The largest absolute Gasteiger partial charge is 0.468 e. The van der Waals surface area contributed by atoms with Crippen LogP contribution >= 0.6 is 0 Å². The highest BCUT2D eigenvalue weighted by atomic mass is 16.5. The van der Waals surface area contributed by atoms with Gasteiger partial charge in [0.25, 0.3) is 6.47 Å². The summed E-state index contributed by atoms with van der Waals surface area (Å²) in [6, 6.07) is 0. The maximum Gasteiger partial charge on any atom is 0.293 e. The van der Waals surface area contributed by atoms with Gasteiger partial charge in [0.15, 0.2) is 0 Å². The Kier molecular flexibility index (Phi) is 11.6. The third kappa shape index (κ3) is 12.7. The number of allylic oxidation sites excluding steroid dienone is 5. The van der Waals surface area contributed by atoms with Gasteiger partial charge in [-0.15, -0.1) is 0 Å². The Morgan fingerprint density at radius 2 is 1.80 bits per heavy atom. The van der Waals surface area contributed by atoms with Crippen LogP contribution in [0.5, 0.6) is 0 Å². The summed E-state index contributed by atoms with van der Waals surface area (Å²) in [7, 11) is 0. The topological polar surface area (TPSA) is 26.3 Å². The molecule has 0 radical (unpaired) electrons. The van der Waals surface area contributed by atoms with Crippen LogP contribution in [-0.2, 0) is 9.53 Å². The summed E-state index contributed by atoms with van der Waals surface area (Å²) in [4.78, 5) is 9.82. The number of carbonyl (C=O) groups excluding carboxylic acids is 1. The number of carbonyl (C=O) groups is 1. The average Bonchev–Trinajstić information content (AvgIpc) is 2.26. The van der Waals surface area contributed by atoms with Gasteiger partial charge in [0, 0.05) is 0 Å². The quantitative estimate of drug-likeness (QED) is 0.312. The van der Waals surface area contributed by atoms with Crippen molar-refractivity contribution in [3.8, 4) is 0 Å². The molecular formula is C13H20O2. The first-order chi connectivity index (χ1) is 7.41. The zero-order valence-electron chi connectivity index (χ0n) is 9.23. The van der Waals surface area contributed by atoms with E-state index in [0.29, 0.717) is 13.1 Å². The van der Waals surface area contributed by atoms with Crippen LogP contribution in [0, 0.1) is 0 Å². The molecule has 0 aliphatic rings. The summed E-state index contributed by atoms with van der Waals surface area (Å²) in [6.07, 6.45) is 15.4. The highest BCUT2D eigenvalue weighted by Gasteiger charge is 1.88. The number of hydrogen-bond acceptors (Lipinski definition) is 2. The number of rotatable bonds is 10. The van der Waals surface area contributed by atoms with Crippen LogP contribution in [-0.4, -0.2) is 13.1 Å². The number of unbranched alkanes of at least 4 members (excludes halogenated alkanes) is 4. The van der Waals surface area contributed by atoms with Gasteiger partial charge in [-0.05, 0) is 19.3 Å². The second kappa shape index (κ2) is 12.7. The summed E-state index contributed by atoms with van der Waals surface area (Å²) >= 11 is 0. The SMILES string of the molecule is C=C/C=C/C=C\CCCCCCOC=O. The maximum atomic E-state index is 9.82. The van der Waals surface area contributed by atoms with Crippen LogP contribution in [0.4, 0.5) is 0 Å². The fraction of sp³-hybridized carbons (Fsp3) is 0.462. The third-order valence-electron chi connectivity index (χ3n) is 1.95. The second-order valence-corrected chi connectivity index (χ2v) is 3.22. The molecule has 0 aromatic heterocycles. The van der Waals surface area contributed by atoms with E-state index in [1.54, 1.807) is 6.08 Å². The summed E-state index contributed by atoms with van der Waals surface area (Å²) in [5.74, 6) is 0. The van der Waals surface area contributed by atoms with E-state index in [1.165, 1.54) is 12.8 Å². The van der Waals surface area contributed by atoms with E-state index in [-0.39, 0.29) is 0 Å². The standard InChI is InChI=1S/C13H20O2/c1-2-3-4-5-6-7-8-9-10-11-12-15-13-14/h2-6,13H,1,7-12H2/b4-3+,6-5-. The number of ether oxygens (including phenoxy) is 1. The van der Waals surface area contributed by atoms with Crippen molar-refractivity contribution in [2.45, 2.75) is 32.1 Å². The minimum Gasteiger partial charge on any atom is -0.468 e. The first kappa shape index (κ1) is 13.7. The molecule has 0 rings (SSSR count). The molecule has 0 N–H and O–H groups in total.